The molecule has 0 bridgehead atoms. The predicted molar refractivity (Wildman–Crippen MR) is 107 cm³/mol. The normalized spacial score (nSPS) is 10.8. The fraction of sp³-hybridized carbons (Fsp3) is 0.0455. The number of carboxylic acid groups (broad SMARTS) is 1. The Morgan fingerprint density at radius 2 is 1.71 bits per heavy atom. The van der Waals surface area contributed by atoms with Crippen LogP contribution in [0.1, 0.15) is 26.4 Å². The SMILES string of the molecule is Cc1cccc2nc(-c3cccc(NC(=O)c4ccccc4C(=O)O)c3)cn12. The number of imidazole rings is 1. The first-order valence-electron chi connectivity index (χ1n) is 8.72. The molecule has 2 aromatic heterocycles. The van der Waals surface area contributed by atoms with Gasteiger partial charge in [-0.15, -0.1) is 0 Å². The summed E-state index contributed by atoms with van der Waals surface area (Å²) in [5, 5.41) is 12.0. The van der Waals surface area contributed by atoms with Crippen LogP contribution in [-0.4, -0.2) is 26.4 Å². The molecule has 0 atom stereocenters. The van der Waals surface area contributed by atoms with Gasteiger partial charge in [-0.1, -0.05) is 30.3 Å². The molecule has 0 aliphatic rings. The molecule has 0 unspecified atom stereocenters. The number of carbonyl (C=O) groups excluding carboxylic acids is 1. The number of benzene rings is 2. The number of aryl methyl sites for hydroxylation is 1. The number of nitrogens with zero attached hydrogens (tertiary/aromatic N) is 2. The summed E-state index contributed by atoms with van der Waals surface area (Å²) < 4.78 is 2.00. The average Bonchev–Trinajstić information content (AvgIpc) is 3.14. The third kappa shape index (κ3) is 3.23. The third-order valence-corrected chi connectivity index (χ3v) is 4.51. The van der Waals surface area contributed by atoms with Crippen molar-refractivity contribution >= 4 is 23.2 Å². The summed E-state index contributed by atoms with van der Waals surface area (Å²) in [6.45, 7) is 2.01. The van der Waals surface area contributed by atoms with E-state index in [2.05, 4.69) is 10.3 Å². The van der Waals surface area contributed by atoms with E-state index in [1.54, 1.807) is 18.2 Å². The van der Waals surface area contributed by atoms with Crippen molar-refractivity contribution in [2.75, 3.05) is 5.32 Å². The predicted octanol–water partition coefficient (Wildman–Crippen LogP) is 4.26. The Hall–Kier alpha value is -3.93. The van der Waals surface area contributed by atoms with E-state index >= 15 is 0 Å². The number of aromatic carboxylic acids is 1. The number of amides is 1. The van der Waals surface area contributed by atoms with E-state index < -0.39 is 11.9 Å². The van der Waals surface area contributed by atoms with Crippen LogP contribution in [0, 0.1) is 6.92 Å². The Labute approximate surface area is 161 Å². The van der Waals surface area contributed by atoms with E-state index in [9.17, 15) is 14.7 Å². The number of carbonyl (C=O) groups is 2. The summed E-state index contributed by atoms with van der Waals surface area (Å²) >= 11 is 0. The molecular weight excluding hydrogens is 354 g/mol. The first-order chi connectivity index (χ1) is 13.5. The maximum absolute atomic E-state index is 12.6. The molecular formula is C22H17N3O3. The second kappa shape index (κ2) is 7.00. The zero-order chi connectivity index (χ0) is 19.7. The van der Waals surface area contributed by atoms with E-state index in [0.717, 1.165) is 22.6 Å². The lowest BCUT2D eigenvalue weighted by molar-refractivity contribution is 0.0692. The quantitative estimate of drug-likeness (QED) is 0.561. The topological polar surface area (TPSA) is 83.7 Å². The summed E-state index contributed by atoms with van der Waals surface area (Å²) in [6.07, 6.45) is 1.95. The summed E-state index contributed by atoms with van der Waals surface area (Å²) in [5.41, 5.74) is 4.21. The number of hydrogen-bond acceptors (Lipinski definition) is 3. The van der Waals surface area contributed by atoms with Gasteiger partial charge < -0.3 is 14.8 Å². The van der Waals surface area contributed by atoms with Crippen LogP contribution in [-0.2, 0) is 0 Å². The standard InChI is InChI=1S/C22H17N3O3/c1-14-6-4-11-20-24-19(13-25(14)20)15-7-5-8-16(12-15)23-21(26)17-9-2-3-10-18(17)22(27)28/h2-13H,1H3,(H,23,26)(H,27,28). The van der Waals surface area contributed by atoms with Crippen molar-refractivity contribution in [1.82, 2.24) is 9.38 Å². The molecule has 0 saturated carbocycles. The number of rotatable bonds is 4. The largest absolute Gasteiger partial charge is 0.478 e. The number of aromatic nitrogens is 2. The Balaban J connectivity index is 1.65. The van der Waals surface area contributed by atoms with Crippen LogP contribution in [0.2, 0.25) is 0 Å². The minimum atomic E-state index is -1.14. The highest BCUT2D eigenvalue weighted by molar-refractivity contribution is 6.10. The fourth-order valence-corrected chi connectivity index (χ4v) is 3.11. The second-order valence-corrected chi connectivity index (χ2v) is 6.41. The van der Waals surface area contributed by atoms with Gasteiger partial charge in [0.25, 0.3) is 5.91 Å². The Morgan fingerprint density at radius 3 is 2.46 bits per heavy atom. The van der Waals surface area contributed by atoms with Crippen LogP contribution in [0.3, 0.4) is 0 Å². The molecule has 4 aromatic rings. The zero-order valence-electron chi connectivity index (χ0n) is 15.1. The first kappa shape index (κ1) is 17.5. The molecule has 2 heterocycles. The maximum atomic E-state index is 12.6. The van der Waals surface area contributed by atoms with Gasteiger partial charge in [0.05, 0.1) is 16.8 Å². The van der Waals surface area contributed by atoms with Crippen LogP contribution in [0.4, 0.5) is 5.69 Å². The van der Waals surface area contributed by atoms with E-state index in [1.807, 2.05) is 53.9 Å². The molecule has 6 heteroatoms. The van der Waals surface area contributed by atoms with Crippen molar-refractivity contribution in [2.24, 2.45) is 0 Å². The molecule has 0 fully saturated rings. The summed E-state index contributed by atoms with van der Waals surface area (Å²) in [6, 6.07) is 19.3. The van der Waals surface area contributed by atoms with Crippen LogP contribution in [0.15, 0.2) is 72.9 Å². The summed E-state index contributed by atoms with van der Waals surface area (Å²) in [5.74, 6) is -1.61. The van der Waals surface area contributed by atoms with Crippen LogP contribution >= 0.6 is 0 Å². The van der Waals surface area contributed by atoms with Crippen molar-refractivity contribution in [3.63, 3.8) is 0 Å². The van der Waals surface area contributed by atoms with Crippen LogP contribution in [0.5, 0.6) is 0 Å². The third-order valence-electron chi connectivity index (χ3n) is 4.51. The van der Waals surface area contributed by atoms with Crippen molar-refractivity contribution in [1.29, 1.82) is 0 Å². The summed E-state index contributed by atoms with van der Waals surface area (Å²) in [4.78, 5) is 28.6. The van der Waals surface area contributed by atoms with Crippen molar-refractivity contribution in [2.45, 2.75) is 6.92 Å². The van der Waals surface area contributed by atoms with Crippen LogP contribution in [0.25, 0.3) is 16.9 Å². The Bertz CT molecular complexity index is 1210. The first-order valence-corrected chi connectivity index (χ1v) is 8.72. The van der Waals surface area contributed by atoms with Crippen LogP contribution < -0.4 is 5.32 Å². The molecule has 1 amide bonds. The van der Waals surface area contributed by atoms with Gasteiger partial charge in [-0.05, 0) is 43.3 Å². The Morgan fingerprint density at radius 1 is 0.964 bits per heavy atom. The number of anilines is 1. The minimum absolute atomic E-state index is 0.0352. The lowest BCUT2D eigenvalue weighted by Crippen LogP contribution is -2.16. The van der Waals surface area contributed by atoms with Gasteiger partial charge in [-0.25, -0.2) is 9.78 Å². The smallest absolute Gasteiger partial charge is 0.336 e. The maximum Gasteiger partial charge on any atom is 0.336 e. The fourth-order valence-electron chi connectivity index (χ4n) is 3.11. The summed E-state index contributed by atoms with van der Waals surface area (Å²) in [7, 11) is 0. The van der Waals surface area contributed by atoms with Crippen molar-refractivity contribution < 1.29 is 14.7 Å². The highest BCUT2D eigenvalue weighted by Crippen LogP contribution is 2.24. The van der Waals surface area contributed by atoms with Gasteiger partial charge >= 0.3 is 5.97 Å². The van der Waals surface area contributed by atoms with E-state index in [-0.39, 0.29) is 11.1 Å². The van der Waals surface area contributed by atoms with Gasteiger partial charge in [-0.2, -0.15) is 0 Å². The lowest BCUT2D eigenvalue weighted by Gasteiger charge is -2.08. The second-order valence-electron chi connectivity index (χ2n) is 6.41. The average molecular weight is 371 g/mol. The minimum Gasteiger partial charge on any atom is -0.478 e. The van der Waals surface area contributed by atoms with E-state index in [0.29, 0.717) is 5.69 Å². The van der Waals surface area contributed by atoms with Gasteiger partial charge in [0, 0.05) is 23.1 Å². The monoisotopic (exact) mass is 371 g/mol. The van der Waals surface area contributed by atoms with E-state index in [4.69, 9.17) is 0 Å². The highest BCUT2D eigenvalue weighted by atomic mass is 16.4. The zero-order valence-corrected chi connectivity index (χ0v) is 15.1. The van der Waals surface area contributed by atoms with Gasteiger partial charge in [0.1, 0.15) is 5.65 Å². The molecule has 2 aromatic carbocycles. The molecule has 0 aliphatic heterocycles. The van der Waals surface area contributed by atoms with Gasteiger partial charge in [0.15, 0.2) is 0 Å². The molecule has 0 radical (unpaired) electrons. The number of nitrogens with one attached hydrogen (secondary N) is 1. The number of pyridine rings is 1. The molecule has 4 rings (SSSR count). The van der Waals surface area contributed by atoms with Crippen molar-refractivity contribution in [3.05, 3.63) is 89.7 Å². The molecule has 6 nitrogen and oxygen atoms in total. The molecule has 138 valence electrons. The number of hydrogen-bond donors (Lipinski definition) is 2. The molecule has 28 heavy (non-hydrogen) atoms. The van der Waals surface area contributed by atoms with Gasteiger partial charge in [-0.3, -0.25) is 4.79 Å². The molecule has 2 N–H and O–H groups in total. The van der Waals surface area contributed by atoms with E-state index in [1.165, 1.54) is 12.1 Å². The lowest BCUT2D eigenvalue weighted by atomic mass is 10.1. The number of carboxylic acids is 1. The molecule has 0 aliphatic carbocycles. The molecule has 0 saturated heterocycles. The van der Waals surface area contributed by atoms with Crippen molar-refractivity contribution in [3.8, 4) is 11.3 Å². The Kier molecular flexibility index (Phi) is 4.37. The van der Waals surface area contributed by atoms with Gasteiger partial charge in [0.2, 0.25) is 0 Å². The highest BCUT2D eigenvalue weighted by Gasteiger charge is 2.16. The molecule has 0 spiro atoms. The number of fused-ring (bicyclic) bond motifs is 1.